The fourth-order valence-electron chi connectivity index (χ4n) is 8.68. The van der Waals surface area contributed by atoms with Crippen molar-refractivity contribution < 1.29 is 14.6 Å². The van der Waals surface area contributed by atoms with Crippen LogP contribution in [0.15, 0.2) is 114 Å². The molecule has 0 amide bonds. The predicted molar refractivity (Wildman–Crippen MR) is 237 cm³/mol. The van der Waals surface area contributed by atoms with E-state index in [1.807, 2.05) is 59.8 Å². The van der Waals surface area contributed by atoms with Crippen molar-refractivity contribution in [3.05, 3.63) is 120 Å². The van der Waals surface area contributed by atoms with E-state index in [1.165, 1.54) is 64.7 Å². The molecular formula is C48H51BrN8O3. The lowest BCUT2D eigenvalue weighted by Gasteiger charge is -2.24. The molecule has 60 heavy (non-hydrogen) atoms. The number of hydrogen-bond donors (Lipinski definition) is 1. The van der Waals surface area contributed by atoms with Crippen LogP contribution in [0, 0.1) is 0 Å². The van der Waals surface area contributed by atoms with Gasteiger partial charge in [-0.25, -0.2) is 19.0 Å². The molecule has 4 fully saturated rings. The van der Waals surface area contributed by atoms with E-state index in [4.69, 9.17) is 14.5 Å². The SMILES string of the molecule is Brc1cnn2cc(-c3ccc(OC4(CN5CCCC5)CC4)cc3)cnc12.CC(O)c1cccc(-c2cnn3cc(-c4ccc(OC5(CN6CCCC6)CC5)cc4)cnc23)c1. The van der Waals surface area contributed by atoms with Gasteiger partial charge in [-0.3, -0.25) is 9.80 Å². The number of benzene rings is 3. The van der Waals surface area contributed by atoms with Crippen LogP contribution in [0.1, 0.15) is 70.0 Å². The highest BCUT2D eigenvalue weighted by Gasteiger charge is 2.48. The maximum atomic E-state index is 9.92. The molecule has 3 aromatic carbocycles. The topological polar surface area (TPSA) is 106 Å². The van der Waals surface area contributed by atoms with Gasteiger partial charge in [0.15, 0.2) is 11.3 Å². The number of aromatic nitrogens is 6. The molecule has 1 atom stereocenters. The van der Waals surface area contributed by atoms with Gasteiger partial charge in [0.2, 0.25) is 0 Å². The van der Waals surface area contributed by atoms with E-state index in [0.717, 1.165) is 92.1 Å². The normalized spacial score (nSPS) is 18.6. The van der Waals surface area contributed by atoms with Gasteiger partial charge in [-0.2, -0.15) is 10.2 Å². The molecule has 2 saturated heterocycles. The highest BCUT2D eigenvalue weighted by Crippen LogP contribution is 2.43. The minimum absolute atomic E-state index is 0.0168. The first-order valence-electron chi connectivity index (χ1n) is 21.4. The summed E-state index contributed by atoms with van der Waals surface area (Å²) in [5.74, 6) is 1.90. The fourth-order valence-corrected chi connectivity index (χ4v) is 9.06. The van der Waals surface area contributed by atoms with Crippen LogP contribution in [0.2, 0.25) is 0 Å². The summed E-state index contributed by atoms with van der Waals surface area (Å²) < 4.78 is 17.3. The van der Waals surface area contributed by atoms with E-state index in [9.17, 15) is 5.11 Å². The highest BCUT2D eigenvalue weighted by atomic mass is 79.9. The van der Waals surface area contributed by atoms with E-state index in [1.54, 1.807) is 17.6 Å². The third-order valence-corrected chi connectivity index (χ3v) is 13.0. The molecule has 2 saturated carbocycles. The van der Waals surface area contributed by atoms with Crippen molar-refractivity contribution in [2.45, 2.75) is 75.6 Å². The van der Waals surface area contributed by atoms with Gasteiger partial charge in [0.25, 0.3) is 0 Å². The van der Waals surface area contributed by atoms with Crippen LogP contribution in [0.3, 0.4) is 0 Å². The van der Waals surface area contributed by atoms with Crippen molar-refractivity contribution in [3.8, 4) is 44.9 Å². The summed E-state index contributed by atoms with van der Waals surface area (Å²) in [6.07, 6.45) is 20.8. The molecule has 2 aliphatic heterocycles. The van der Waals surface area contributed by atoms with Crippen LogP contribution in [0.5, 0.6) is 11.5 Å². The van der Waals surface area contributed by atoms with Crippen molar-refractivity contribution >= 4 is 27.2 Å². The molecule has 0 bridgehead atoms. The Labute approximate surface area is 359 Å². The molecule has 1 N–H and O–H groups in total. The Kier molecular flexibility index (Phi) is 10.7. The van der Waals surface area contributed by atoms with Crippen molar-refractivity contribution in [3.63, 3.8) is 0 Å². The standard InChI is InChI=1S/C28H30N4O2.C20H21BrN4O/c1-20(33)22-5-4-6-23(15-22)26-17-30-32-18-24(16-29-27(26)32)21-7-9-25(10-8-21)34-28(11-12-28)19-31-13-2-3-14-31;21-18-12-23-25-13-16(11-22-19(18)25)15-3-5-17(6-4-15)26-20(7-8-20)14-24-9-1-2-10-24/h4-10,15-18,20,33H,2-3,11-14,19H2,1H3;3-6,11-13H,1-2,7-10,14H2. The monoisotopic (exact) mass is 866 g/mol. The maximum absolute atomic E-state index is 9.92. The van der Waals surface area contributed by atoms with Gasteiger partial charge in [0.05, 0.1) is 23.0 Å². The number of aliphatic hydroxyl groups excluding tert-OH is 1. The zero-order valence-corrected chi connectivity index (χ0v) is 35.7. The van der Waals surface area contributed by atoms with Gasteiger partial charge >= 0.3 is 0 Å². The molecule has 4 aliphatic rings. The second-order valence-electron chi connectivity index (χ2n) is 17.2. The highest BCUT2D eigenvalue weighted by molar-refractivity contribution is 9.10. The van der Waals surface area contributed by atoms with Crippen molar-refractivity contribution in [2.75, 3.05) is 39.3 Å². The van der Waals surface area contributed by atoms with Crippen molar-refractivity contribution in [2.24, 2.45) is 0 Å². The zero-order valence-electron chi connectivity index (χ0n) is 34.1. The molecule has 0 radical (unpaired) electrons. The number of rotatable bonds is 12. The van der Waals surface area contributed by atoms with Gasteiger partial charge in [0, 0.05) is 54.6 Å². The molecule has 2 aliphatic carbocycles. The number of halogens is 1. The molecule has 11 nitrogen and oxygen atoms in total. The molecule has 308 valence electrons. The quantitative estimate of drug-likeness (QED) is 0.129. The van der Waals surface area contributed by atoms with E-state index >= 15 is 0 Å². The second-order valence-corrected chi connectivity index (χ2v) is 18.0. The average molecular weight is 868 g/mol. The van der Waals surface area contributed by atoms with E-state index < -0.39 is 6.10 Å². The summed E-state index contributed by atoms with van der Waals surface area (Å²) in [5.41, 5.74) is 8.75. The number of ether oxygens (including phenoxy) is 2. The smallest absolute Gasteiger partial charge is 0.169 e. The molecule has 12 heteroatoms. The lowest BCUT2D eigenvalue weighted by atomic mass is 10.0. The Hall–Kier alpha value is -5.14. The summed E-state index contributed by atoms with van der Waals surface area (Å²) in [5, 5.41) is 18.8. The first kappa shape index (κ1) is 39.0. The molecule has 1 unspecified atom stereocenters. The number of fused-ring (bicyclic) bond motifs is 2. The Balaban J connectivity index is 0.000000149. The van der Waals surface area contributed by atoms with Crippen LogP contribution >= 0.6 is 15.9 Å². The summed E-state index contributed by atoms with van der Waals surface area (Å²) in [6.45, 7) is 8.77. The molecule has 0 spiro atoms. The van der Waals surface area contributed by atoms with Gasteiger partial charge < -0.3 is 14.6 Å². The lowest BCUT2D eigenvalue weighted by Crippen LogP contribution is -2.35. The minimum atomic E-state index is -0.511. The zero-order chi connectivity index (χ0) is 40.7. The third-order valence-electron chi connectivity index (χ3n) is 12.4. The van der Waals surface area contributed by atoms with Crippen LogP contribution < -0.4 is 9.47 Å². The fraction of sp³-hybridized carbons (Fsp3) is 0.375. The number of hydrogen-bond acceptors (Lipinski definition) is 9. The number of aliphatic hydroxyl groups is 1. The number of nitrogens with zero attached hydrogens (tertiary/aromatic N) is 8. The largest absolute Gasteiger partial charge is 0.486 e. The van der Waals surface area contributed by atoms with Crippen molar-refractivity contribution in [1.82, 2.24) is 39.0 Å². The Morgan fingerprint density at radius 2 is 1.12 bits per heavy atom. The van der Waals surface area contributed by atoms with Gasteiger partial charge in [-0.1, -0.05) is 42.5 Å². The Bertz CT molecular complexity index is 2590. The molecule has 7 aromatic rings. The Morgan fingerprint density at radius 3 is 1.63 bits per heavy atom. The molecular weight excluding hydrogens is 816 g/mol. The van der Waals surface area contributed by atoms with Crippen LogP contribution in [0.4, 0.5) is 0 Å². The maximum Gasteiger partial charge on any atom is 0.169 e. The number of likely N-dealkylation sites (tertiary alicyclic amines) is 2. The van der Waals surface area contributed by atoms with Gasteiger partial charge in [-0.15, -0.1) is 0 Å². The summed E-state index contributed by atoms with van der Waals surface area (Å²) in [7, 11) is 0. The van der Waals surface area contributed by atoms with Crippen LogP contribution in [-0.2, 0) is 0 Å². The summed E-state index contributed by atoms with van der Waals surface area (Å²) in [4.78, 5) is 14.3. The third kappa shape index (κ3) is 8.56. The van der Waals surface area contributed by atoms with Crippen molar-refractivity contribution in [1.29, 1.82) is 0 Å². The summed E-state index contributed by atoms with van der Waals surface area (Å²) in [6, 6.07) is 24.6. The summed E-state index contributed by atoms with van der Waals surface area (Å²) >= 11 is 3.46. The average Bonchev–Trinajstić information content (AvgIpc) is 3.78. The van der Waals surface area contributed by atoms with Gasteiger partial charge in [-0.05, 0) is 153 Å². The second kappa shape index (κ2) is 16.4. The molecule has 11 rings (SSSR count). The van der Waals surface area contributed by atoms with Gasteiger partial charge in [0.1, 0.15) is 22.7 Å². The van der Waals surface area contributed by atoms with Crippen LogP contribution in [0.25, 0.3) is 44.7 Å². The lowest BCUT2D eigenvalue weighted by molar-refractivity contribution is 0.126. The molecule has 4 aromatic heterocycles. The van der Waals surface area contributed by atoms with E-state index in [0.29, 0.717) is 0 Å². The molecule has 6 heterocycles. The van der Waals surface area contributed by atoms with E-state index in [2.05, 4.69) is 89.4 Å². The Morgan fingerprint density at radius 1 is 0.617 bits per heavy atom. The van der Waals surface area contributed by atoms with E-state index in [-0.39, 0.29) is 11.2 Å². The minimum Gasteiger partial charge on any atom is -0.486 e. The van der Waals surface area contributed by atoms with Crippen LogP contribution in [-0.4, -0.2) is 94.6 Å². The first-order chi connectivity index (χ1) is 29.3. The first-order valence-corrected chi connectivity index (χ1v) is 22.2. The predicted octanol–water partition coefficient (Wildman–Crippen LogP) is 9.29.